The van der Waals surface area contributed by atoms with E-state index in [4.69, 9.17) is 4.74 Å². The second-order valence-corrected chi connectivity index (χ2v) is 5.51. The summed E-state index contributed by atoms with van der Waals surface area (Å²) in [5.41, 5.74) is 0. The van der Waals surface area contributed by atoms with Crippen LogP contribution < -0.4 is 15.0 Å². The Kier molecular flexibility index (Phi) is 4.96. The van der Waals surface area contributed by atoms with E-state index in [-0.39, 0.29) is 0 Å². The maximum absolute atomic E-state index is 5.19. The maximum Gasteiger partial charge on any atom is 0.218 e. The molecule has 1 atom stereocenters. The van der Waals surface area contributed by atoms with E-state index in [2.05, 4.69) is 34.0 Å². The van der Waals surface area contributed by atoms with Crippen molar-refractivity contribution in [3.05, 3.63) is 12.4 Å². The molecular formula is C14H24N4O. The molecule has 2 rings (SSSR count). The molecule has 5 heteroatoms. The zero-order valence-electron chi connectivity index (χ0n) is 12.1. The second kappa shape index (κ2) is 6.70. The molecule has 1 aliphatic rings. The summed E-state index contributed by atoms with van der Waals surface area (Å²) in [6.45, 7) is 7.59. The molecular weight excluding hydrogens is 240 g/mol. The van der Waals surface area contributed by atoms with Crippen LogP contribution in [0.5, 0.6) is 5.88 Å². The molecule has 2 heterocycles. The molecule has 0 spiro atoms. The van der Waals surface area contributed by atoms with Crippen molar-refractivity contribution >= 4 is 5.82 Å². The second-order valence-electron chi connectivity index (χ2n) is 5.51. The average molecular weight is 264 g/mol. The van der Waals surface area contributed by atoms with Gasteiger partial charge in [-0.15, -0.1) is 0 Å². The highest BCUT2D eigenvalue weighted by molar-refractivity contribution is 5.41. The number of methoxy groups -OCH3 is 1. The predicted molar refractivity (Wildman–Crippen MR) is 76.7 cm³/mol. The highest BCUT2D eigenvalue weighted by Gasteiger charge is 2.20. The standard InChI is InChI=1S/C14H24N4O/c1-11(2)8-18(9-12-5-4-6-15-12)13-7-14(19-3)17-10-16-13/h7,10-12,15H,4-6,8-9H2,1-3H3. The van der Waals surface area contributed by atoms with Crippen molar-refractivity contribution in [3.63, 3.8) is 0 Å². The van der Waals surface area contributed by atoms with Gasteiger partial charge >= 0.3 is 0 Å². The van der Waals surface area contributed by atoms with Crippen LogP contribution in [0, 0.1) is 5.92 Å². The Labute approximate surface area is 115 Å². The predicted octanol–water partition coefficient (Wildman–Crippen LogP) is 1.70. The lowest BCUT2D eigenvalue weighted by molar-refractivity contribution is 0.396. The topological polar surface area (TPSA) is 50.3 Å². The highest BCUT2D eigenvalue weighted by atomic mass is 16.5. The Morgan fingerprint density at radius 1 is 1.47 bits per heavy atom. The fourth-order valence-electron chi connectivity index (χ4n) is 2.50. The minimum atomic E-state index is 0.569. The quantitative estimate of drug-likeness (QED) is 0.847. The third-order valence-corrected chi connectivity index (χ3v) is 3.35. The lowest BCUT2D eigenvalue weighted by Gasteiger charge is -2.28. The number of aromatic nitrogens is 2. The lowest BCUT2D eigenvalue weighted by atomic mass is 10.1. The van der Waals surface area contributed by atoms with E-state index < -0.39 is 0 Å². The number of hydrogen-bond donors (Lipinski definition) is 1. The Hall–Kier alpha value is -1.36. The smallest absolute Gasteiger partial charge is 0.218 e. The van der Waals surface area contributed by atoms with Crippen LogP contribution in [0.3, 0.4) is 0 Å². The van der Waals surface area contributed by atoms with Gasteiger partial charge in [0, 0.05) is 25.2 Å². The summed E-state index contributed by atoms with van der Waals surface area (Å²) < 4.78 is 5.19. The summed E-state index contributed by atoms with van der Waals surface area (Å²) in [5, 5.41) is 3.54. The van der Waals surface area contributed by atoms with Gasteiger partial charge < -0.3 is 15.0 Å². The first-order chi connectivity index (χ1) is 9.19. The van der Waals surface area contributed by atoms with Crippen molar-refractivity contribution in [2.45, 2.75) is 32.7 Å². The van der Waals surface area contributed by atoms with Crippen LogP contribution in [0.1, 0.15) is 26.7 Å². The zero-order valence-corrected chi connectivity index (χ0v) is 12.1. The molecule has 0 radical (unpaired) electrons. The summed E-state index contributed by atoms with van der Waals surface area (Å²) >= 11 is 0. The fourth-order valence-corrected chi connectivity index (χ4v) is 2.50. The lowest BCUT2D eigenvalue weighted by Crippen LogP contribution is -2.39. The monoisotopic (exact) mass is 264 g/mol. The molecule has 0 aliphatic carbocycles. The van der Waals surface area contributed by atoms with Crippen LogP contribution in [-0.2, 0) is 0 Å². The van der Waals surface area contributed by atoms with Gasteiger partial charge in [0.1, 0.15) is 12.1 Å². The fraction of sp³-hybridized carbons (Fsp3) is 0.714. The molecule has 1 fully saturated rings. The van der Waals surface area contributed by atoms with Crippen LogP contribution in [-0.4, -0.2) is 42.8 Å². The van der Waals surface area contributed by atoms with E-state index in [1.807, 2.05) is 6.07 Å². The van der Waals surface area contributed by atoms with Gasteiger partial charge in [-0.05, 0) is 25.3 Å². The Bertz CT molecular complexity index is 391. The molecule has 1 N–H and O–H groups in total. The van der Waals surface area contributed by atoms with Crippen LogP contribution >= 0.6 is 0 Å². The van der Waals surface area contributed by atoms with Crippen LogP contribution in [0.25, 0.3) is 0 Å². The maximum atomic E-state index is 5.19. The molecule has 1 saturated heterocycles. The summed E-state index contributed by atoms with van der Waals surface area (Å²) in [5.74, 6) is 2.18. The molecule has 1 unspecified atom stereocenters. The minimum Gasteiger partial charge on any atom is -0.481 e. The van der Waals surface area contributed by atoms with Gasteiger partial charge in [-0.2, -0.15) is 0 Å². The van der Waals surface area contributed by atoms with E-state index in [9.17, 15) is 0 Å². The third kappa shape index (κ3) is 4.06. The molecule has 0 aromatic carbocycles. The Morgan fingerprint density at radius 2 is 2.32 bits per heavy atom. The number of hydrogen-bond acceptors (Lipinski definition) is 5. The number of rotatable bonds is 6. The van der Waals surface area contributed by atoms with Crippen molar-refractivity contribution < 1.29 is 4.74 Å². The molecule has 1 aromatic heterocycles. The number of nitrogens with one attached hydrogen (secondary N) is 1. The molecule has 19 heavy (non-hydrogen) atoms. The van der Waals surface area contributed by atoms with Gasteiger partial charge in [0.2, 0.25) is 5.88 Å². The molecule has 1 aromatic rings. The Balaban J connectivity index is 2.10. The van der Waals surface area contributed by atoms with Gasteiger partial charge in [-0.1, -0.05) is 13.8 Å². The first kappa shape index (κ1) is 14.1. The molecule has 5 nitrogen and oxygen atoms in total. The van der Waals surface area contributed by atoms with E-state index in [1.54, 1.807) is 13.4 Å². The SMILES string of the molecule is COc1cc(N(CC(C)C)CC2CCCN2)ncn1. The van der Waals surface area contributed by atoms with Crippen LogP contribution in [0.15, 0.2) is 12.4 Å². The number of ether oxygens (including phenoxy) is 1. The molecule has 1 aliphatic heterocycles. The van der Waals surface area contributed by atoms with Crippen LogP contribution in [0.4, 0.5) is 5.82 Å². The van der Waals surface area contributed by atoms with Gasteiger partial charge in [0.15, 0.2) is 0 Å². The van der Waals surface area contributed by atoms with Gasteiger partial charge in [-0.3, -0.25) is 0 Å². The van der Waals surface area contributed by atoms with Gasteiger partial charge in [0.25, 0.3) is 0 Å². The normalized spacial score (nSPS) is 18.8. The molecule has 0 bridgehead atoms. The molecule has 106 valence electrons. The van der Waals surface area contributed by atoms with Crippen molar-refractivity contribution in [1.82, 2.24) is 15.3 Å². The average Bonchev–Trinajstić information content (AvgIpc) is 2.90. The van der Waals surface area contributed by atoms with Gasteiger partial charge in [0.05, 0.1) is 7.11 Å². The van der Waals surface area contributed by atoms with E-state index in [0.29, 0.717) is 17.8 Å². The summed E-state index contributed by atoms with van der Waals surface area (Å²) in [4.78, 5) is 10.8. The number of nitrogens with zero attached hydrogens (tertiary/aromatic N) is 3. The molecule has 0 saturated carbocycles. The third-order valence-electron chi connectivity index (χ3n) is 3.35. The first-order valence-corrected chi connectivity index (χ1v) is 7.03. The zero-order chi connectivity index (χ0) is 13.7. The van der Waals surface area contributed by atoms with E-state index in [1.165, 1.54) is 12.8 Å². The largest absolute Gasteiger partial charge is 0.481 e. The van der Waals surface area contributed by atoms with E-state index >= 15 is 0 Å². The van der Waals surface area contributed by atoms with Crippen molar-refractivity contribution in [2.24, 2.45) is 5.92 Å². The van der Waals surface area contributed by atoms with Crippen molar-refractivity contribution in [2.75, 3.05) is 31.6 Å². The number of anilines is 1. The summed E-state index contributed by atoms with van der Waals surface area (Å²) in [7, 11) is 1.64. The highest BCUT2D eigenvalue weighted by Crippen LogP contribution is 2.18. The Morgan fingerprint density at radius 3 is 2.95 bits per heavy atom. The van der Waals surface area contributed by atoms with Crippen molar-refractivity contribution in [3.8, 4) is 5.88 Å². The van der Waals surface area contributed by atoms with E-state index in [0.717, 1.165) is 25.5 Å². The summed E-state index contributed by atoms with van der Waals surface area (Å²) in [6.07, 6.45) is 4.09. The molecule has 0 amide bonds. The van der Waals surface area contributed by atoms with Crippen molar-refractivity contribution in [1.29, 1.82) is 0 Å². The minimum absolute atomic E-state index is 0.569. The van der Waals surface area contributed by atoms with Crippen LogP contribution in [0.2, 0.25) is 0 Å². The summed E-state index contributed by atoms with van der Waals surface area (Å²) in [6, 6.07) is 2.48. The van der Waals surface area contributed by atoms with Gasteiger partial charge in [-0.25, -0.2) is 9.97 Å². The first-order valence-electron chi connectivity index (χ1n) is 7.03.